The molecule has 124 valence electrons. The predicted octanol–water partition coefficient (Wildman–Crippen LogP) is 0.379. The Labute approximate surface area is 122 Å². The van der Waals surface area contributed by atoms with Crippen molar-refractivity contribution >= 4 is 29.3 Å². The number of aromatic nitrogens is 2. The first-order chi connectivity index (χ1) is 9.88. The second-order valence-electron chi connectivity index (χ2n) is 3.38. The van der Waals surface area contributed by atoms with Gasteiger partial charge in [-0.05, 0) is 0 Å². The van der Waals surface area contributed by atoms with Crippen LogP contribution < -0.4 is 0 Å². The standard InChI is InChI=1S/C5H4N4.H5O10P3/c1-4-2-8-9-5(4)7-3-6-1;1-11(2,3)9-13(7,8)10-12(4,5)6/h1,3H,2H2;(H,7,8)(H2,1,2,3)(H2,4,5,6). The van der Waals surface area contributed by atoms with Crippen LogP contribution in [0.5, 0.6) is 0 Å². The normalized spacial score (nSPS) is 14.2. The van der Waals surface area contributed by atoms with E-state index in [9.17, 15) is 13.7 Å². The smallest absolute Gasteiger partial charge is 0.302 e. The summed E-state index contributed by atoms with van der Waals surface area (Å²) in [6, 6.07) is 0. The maximum atomic E-state index is 10.4. The van der Waals surface area contributed by atoms with E-state index in [2.05, 4.69) is 28.8 Å². The highest BCUT2D eigenvalue weighted by atomic mass is 31.3. The van der Waals surface area contributed by atoms with Crippen LogP contribution >= 0.6 is 23.5 Å². The average molecular weight is 378 g/mol. The summed E-state index contributed by atoms with van der Waals surface area (Å²) in [5.41, 5.74) is 1.01. The molecule has 0 unspecified atom stereocenters. The maximum absolute atomic E-state index is 10.4. The molecule has 1 aromatic rings. The molecule has 17 heteroatoms. The third-order valence-corrected chi connectivity index (χ3v) is 4.94. The first kappa shape index (κ1) is 19.1. The van der Waals surface area contributed by atoms with E-state index >= 15 is 0 Å². The summed E-state index contributed by atoms with van der Waals surface area (Å²) in [7, 11) is -16.2. The fraction of sp³-hybridized carbons (Fsp3) is 0.200. The summed E-state index contributed by atoms with van der Waals surface area (Å²) >= 11 is 0. The predicted molar refractivity (Wildman–Crippen MR) is 66.3 cm³/mol. The van der Waals surface area contributed by atoms with Crippen molar-refractivity contribution < 1.29 is 46.8 Å². The fourth-order valence-electron chi connectivity index (χ4n) is 1.02. The molecule has 1 aliphatic heterocycles. The van der Waals surface area contributed by atoms with Crippen LogP contribution in [0.3, 0.4) is 0 Å². The Kier molecular flexibility index (Phi) is 6.18. The first-order valence-electron chi connectivity index (χ1n) is 4.91. The summed E-state index contributed by atoms with van der Waals surface area (Å²) < 4.78 is 36.4. The summed E-state index contributed by atoms with van der Waals surface area (Å²) in [5, 5.41) is 7.55. The lowest BCUT2D eigenvalue weighted by Gasteiger charge is -2.11. The Morgan fingerprint density at radius 2 is 1.55 bits per heavy atom. The van der Waals surface area contributed by atoms with Crippen LogP contribution in [0.1, 0.15) is 5.56 Å². The van der Waals surface area contributed by atoms with Crippen molar-refractivity contribution in [3.63, 3.8) is 0 Å². The average Bonchev–Trinajstić information content (AvgIpc) is 2.70. The lowest BCUT2D eigenvalue weighted by molar-refractivity contribution is 0.204. The molecule has 14 nitrogen and oxygen atoms in total. The van der Waals surface area contributed by atoms with Crippen molar-refractivity contribution in [3.8, 4) is 0 Å². The summed E-state index contributed by atoms with van der Waals surface area (Å²) in [5.74, 6) is 0.713. The zero-order valence-corrected chi connectivity index (χ0v) is 13.0. The molecular formula is C5H9N4O10P3. The van der Waals surface area contributed by atoms with Crippen molar-refractivity contribution in [2.24, 2.45) is 10.2 Å². The lowest BCUT2D eigenvalue weighted by atomic mass is 10.3. The summed E-state index contributed by atoms with van der Waals surface area (Å²) in [4.78, 5) is 47.9. The van der Waals surface area contributed by atoms with Gasteiger partial charge in [-0.3, -0.25) is 0 Å². The van der Waals surface area contributed by atoms with Gasteiger partial charge in [0.2, 0.25) is 0 Å². The Balaban J connectivity index is 0.000000231. The van der Waals surface area contributed by atoms with Crippen LogP contribution in [-0.4, -0.2) is 34.4 Å². The van der Waals surface area contributed by atoms with Gasteiger partial charge in [-0.1, -0.05) is 0 Å². The molecule has 2 rings (SSSR count). The number of hydrogen-bond acceptors (Lipinski definition) is 9. The molecule has 0 aliphatic carbocycles. The minimum Gasteiger partial charge on any atom is -0.302 e. The molecule has 0 spiro atoms. The van der Waals surface area contributed by atoms with Gasteiger partial charge < -0.3 is 24.5 Å². The van der Waals surface area contributed by atoms with Crippen LogP contribution in [0.4, 0.5) is 5.82 Å². The van der Waals surface area contributed by atoms with Gasteiger partial charge in [0, 0.05) is 11.8 Å². The highest BCUT2D eigenvalue weighted by Crippen LogP contribution is 2.64. The van der Waals surface area contributed by atoms with E-state index in [1.807, 2.05) is 0 Å². The zero-order valence-electron chi connectivity index (χ0n) is 10.3. The van der Waals surface area contributed by atoms with Gasteiger partial charge in [0.1, 0.15) is 6.33 Å². The molecule has 0 radical (unpaired) electrons. The molecule has 0 saturated carbocycles. The molecule has 5 N–H and O–H groups in total. The molecule has 0 atom stereocenters. The van der Waals surface area contributed by atoms with Gasteiger partial charge in [-0.2, -0.15) is 13.7 Å². The van der Waals surface area contributed by atoms with Gasteiger partial charge in [0.15, 0.2) is 5.82 Å². The lowest BCUT2D eigenvalue weighted by Crippen LogP contribution is -1.91. The third-order valence-electron chi connectivity index (χ3n) is 1.59. The number of nitrogens with zero attached hydrogens (tertiary/aromatic N) is 4. The van der Waals surface area contributed by atoms with E-state index in [0.717, 1.165) is 5.56 Å². The Morgan fingerprint density at radius 3 is 2.00 bits per heavy atom. The number of fused-ring (bicyclic) bond motifs is 1. The molecule has 0 aromatic carbocycles. The second-order valence-corrected chi connectivity index (χ2v) is 7.59. The van der Waals surface area contributed by atoms with Crippen LogP contribution in [0.25, 0.3) is 0 Å². The molecule has 0 bridgehead atoms. The first-order valence-corrected chi connectivity index (χ1v) is 9.46. The fourth-order valence-corrected chi connectivity index (χ4v) is 3.55. The number of phosphoric acid groups is 3. The van der Waals surface area contributed by atoms with E-state index in [-0.39, 0.29) is 0 Å². The van der Waals surface area contributed by atoms with Gasteiger partial charge in [0.05, 0.1) is 6.54 Å². The topological polar surface area (TPSA) is 221 Å². The number of rotatable bonds is 4. The van der Waals surface area contributed by atoms with E-state index in [4.69, 9.17) is 24.5 Å². The van der Waals surface area contributed by atoms with E-state index < -0.39 is 23.5 Å². The highest BCUT2D eigenvalue weighted by Gasteiger charge is 2.38. The molecule has 2 heterocycles. The minimum atomic E-state index is -5.46. The molecule has 1 aliphatic rings. The van der Waals surface area contributed by atoms with Crippen molar-refractivity contribution in [2.75, 3.05) is 0 Å². The molecule has 0 saturated heterocycles. The van der Waals surface area contributed by atoms with E-state index in [1.54, 1.807) is 6.20 Å². The van der Waals surface area contributed by atoms with Crippen LogP contribution in [0, 0.1) is 0 Å². The Bertz CT molecular complexity index is 668. The third kappa shape index (κ3) is 7.92. The molecule has 1 aromatic heterocycles. The SMILES string of the molecule is O=P(O)(O)OP(=O)(O)OP(=O)(O)O.c1ncc2c(n1)N=NC2. The van der Waals surface area contributed by atoms with Crippen molar-refractivity contribution in [1.82, 2.24) is 9.97 Å². The molecular weight excluding hydrogens is 369 g/mol. The molecule has 0 fully saturated rings. The highest BCUT2D eigenvalue weighted by molar-refractivity contribution is 7.66. The van der Waals surface area contributed by atoms with Gasteiger partial charge in [-0.25, -0.2) is 23.7 Å². The second kappa shape index (κ2) is 7.11. The Hall–Kier alpha value is -0.910. The van der Waals surface area contributed by atoms with Crippen LogP contribution in [0.15, 0.2) is 22.8 Å². The van der Waals surface area contributed by atoms with Crippen LogP contribution in [-0.2, 0) is 28.9 Å². The molecule has 0 amide bonds. The molecule has 22 heavy (non-hydrogen) atoms. The van der Waals surface area contributed by atoms with Crippen molar-refractivity contribution in [1.29, 1.82) is 0 Å². The zero-order chi connectivity index (χ0) is 17.0. The van der Waals surface area contributed by atoms with Crippen molar-refractivity contribution in [3.05, 3.63) is 18.1 Å². The number of hydrogen-bond donors (Lipinski definition) is 5. The summed E-state index contributed by atoms with van der Waals surface area (Å²) in [6.45, 7) is 0.635. The Morgan fingerprint density at radius 1 is 1.00 bits per heavy atom. The minimum absolute atomic E-state index is 0.635. The van der Waals surface area contributed by atoms with E-state index in [1.165, 1.54) is 6.33 Å². The van der Waals surface area contributed by atoms with Gasteiger partial charge in [-0.15, -0.1) is 5.11 Å². The quantitative estimate of drug-likeness (QED) is 0.449. The monoisotopic (exact) mass is 378 g/mol. The summed E-state index contributed by atoms with van der Waals surface area (Å²) in [6.07, 6.45) is 3.21. The largest absolute Gasteiger partial charge is 0.490 e. The van der Waals surface area contributed by atoms with Crippen LogP contribution in [0.2, 0.25) is 0 Å². The number of azo groups is 1. The van der Waals surface area contributed by atoms with Gasteiger partial charge in [0.25, 0.3) is 0 Å². The van der Waals surface area contributed by atoms with Crippen molar-refractivity contribution in [2.45, 2.75) is 6.54 Å². The van der Waals surface area contributed by atoms with E-state index in [0.29, 0.717) is 12.4 Å². The maximum Gasteiger partial charge on any atom is 0.490 e. The van der Waals surface area contributed by atoms with Gasteiger partial charge >= 0.3 is 23.5 Å².